The molecule has 3 heteroatoms. The van der Waals surface area contributed by atoms with E-state index in [0.29, 0.717) is 12.2 Å². The molecule has 1 fully saturated rings. The standard InChI is InChI=1S/C8H12OS2/c1-2-3-7(9)8-6-10-4-5-11-8/h2,8H,1,3-6H2. The Morgan fingerprint density at radius 2 is 2.45 bits per heavy atom. The van der Waals surface area contributed by atoms with Crippen LogP contribution in [0.25, 0.3) is 0 Å². The second-order valence-electron chi connectivity index (χ2n) is 2.39. The summed E-state index contributed by atoms with van der Waals surface area (Å²) in [7, 11) is 0. The van der Waals surface area contributed by atoms with Gasteiger partial charge in [-0.05, 0) is 0 Å². The van der Waals surface area contributed by atoms with Gasteiger partial charge in [0.1, 0.15) is 5.78 Å². The van der Waals surface area contributed by atoms with Crippen LogP contribution in [0.4, 0.5) is 0 Å². The first-order valence-electron chi connectivity index (χ1n) is 3.67. The number of Topliss-reactive ketones (excluding diaryl/α,β-unsaturated/α-hetero) is 1. The van der Waals surface area contributed by atoms with Crippen molar-refractivity contribution < 1.29 is 4.79 Å². The molecule has 1 nitrogen and oxygen atoms in total. The summed E-state index contributed by atoms with van der Waals surface area (Å²) in [6.45, 7) is 3.56. The Labute approximate surface area is 76.0 Å². The van der Waals surface area contributed by atoms with Crippen molar-refractivity contribution in [1.82, 2.24) is 0 Å². The van der Waals surface area contributed by atoms with Gasteiger partial charge >= 0.3 is 0 Å². The molecule has 1 aliphatic heterocycles. The second kappa shape index (κ2) is 4.88. The molecule has 0 aliphatic carbocycles. The monoisotopic (exact) mass is 188 g/mol. The van der Waals surface area contributed by atoms with Gasteiger partial charge in [-0.15, -0.1) is 18.3 Å². The van der Waals surface area contributed by atoms with Crippen LogP contribution in [0.1, 0.15) is 6.42 Å². The van der Waals surface area contributed by atoms with E-state index in [0.717, 1.165) is 11.5 Å². The van der Waals surface area contributed by atoms with Crippen LogP contribution in [0.2, 0.25) is 0 Å². The normalized spacial score (nSPS) is 24.5. The van der Waals surface area contributed by atoms with Crippen LogP contribution in [0.5, 0.6) is 0 Å². The Balaban J connectivity index is 2.32. The number of rotatable bonds is 3. The molecular weight excluding hydrogens is 176 g/mol. The molecule has 0 radical (unpaired) electrons. The van der Waals surface area contributed by atoms with Crippen molar-refractivity contribution in [2.24, 2.45) is 0 Å². The van der Waals surface area contributed by atoms with Gasteiger partial charge in [0.05, 0.1) is 5.25 Å². The number of carbonyl (C=O) groups excluding carboxylic acids is 1. The predicted octanol–water partition coefficient (Wildman–Crippen LogP) is 1.98. The highest BCUT2D eigenvalue weighted by Gasteiger charge is 2.20. The summed E-state index contributed by atoms with van der Waals surface area (Å²) in [5.74, 6) is 3.66. The third-order valence-corrected chi connectivity index (χ3v) is 4.32. The van der Waals surface area contributed by atoms with Gasteiger partial charge in [-0.1, -0.05) is 6.08 Å². The molecule has 0 aromatic carbocycles. The van der Waals surface area contributed by atoms with E-state index in [9.17, 15) is 4.79 Å². The van der Waals surface area contributed by atoms with E-state index in [1.165, 1.54) is 5.75 Å². The van der Waals surface area contributed by atoms with Gasteiger partial charge in [0.15, 0.2) is 0 Å². The van der Waals surface area contributed by atoms with Gasteiger partial charge in [-0.25, -0.2) is 0 Å². The topological polar surface area (TPSA) is 17.1 Å². The smallest absolute Gasteiger partial charge is 0.150 e. The number of hydrogen-bond donors (Lipinski definition) is 0. The van der Waals surface area contributed by atoms with E-state index in [4.69, 9.17) is 0 Å². The highest BCUT2D eigenvalue weighted by Crippen LogP contribution is 2.25. The molecule has 0 N–H and O–H groups in total. The molecule has 0 spiro atoms. The minimum atomic E-state index is 0.242. The largest absolute Gasteiger partial charge is 0.298 e. The molecule has 1 rings (SSSR count). The van der Waals surface area contributed by atoms with Crippen LogP contribution in [0.3, 0.4) is 0 Å². The number of allylic oxidation sites excluding steroid dienone is 1. The average Bonchev–Trinajstić information content (AvgIpc) is 2.07. The zero-order chi connectivity index (χ0) is 8.10. The maximum atomic E-state index is 11.3. The van der Waals surface area contributed by atoms with Gasteiger partial charge in [0, 0.05) is 23.7 Å². The third-order valence-electron chi connectivity index (χ3n) is 1.52. The van der Waals surface area contributed by atoms with Gasteiger partial charge in [-0.2, -0.15) is 11.8 Å². The molecule has 0 saturated carbocycles. The van der Waals surface area contributed by atoms with E-state index in [2.05, 4.69) is 6.58 Å². The molecule has 1 saturated heterocycles. The van der Waals surface area contributed by atoms with Crippen molar-refractivity contribution in [1.29, 1.82) is 0 Å². The molecule has 1 atom stereocenters. The minimum absolute atomic E-state index is 0.242. The van der Waals surface area contributed by atoms with Crippen molar-refractivity contribution >= 4 is 29.3 Å². The van der Waals surface area contributed by atoms with Crippen molar-refractivity contribution in [2.75, 3.05) is 17.3 Å². The average molecular weight is 188 g/mol. The van der Waals surface area contributed by atoms with E-state index < -0.39 is 0 Å². The van der Waals surface area contributed by atoms with Crippen LogP contribution < -0.4 is 0 Å². The SMILES string of the molecule is C=CCC(=O)C1CSCCS1. The van der Waals surface area contributed by atoms with Gasteiger partial charge in [-0.3, -0.25) is 4.79 Å². The lowest BCUT2D eigenvalue weighted by Crippen LogP contribution is -2.23. The first kappa shape index (κ1) is 9.20. The summed E-state index contributed by atoms with van der Waals surface area (Å²) in [4.78, 5) is 11.3. The fourth-order valence-corrected chi connectivity index (χ4v) is 3.61. The Kier molecular flexibility index (Phi) is 4.08. The quantitative estimate of drug-likeness (QED) is 0.630. The maximum Gasteiger partial charge on any atom is 0.150 e. The second-order valence-corrected chi connectivity index (χ2v) is 4.85. The number of thioether (sulfide) groups is 2. The lowest BCUT2D eigenvalue weighted by Gasteiger charge is -2.18. The number of ketones is 1. The van der Waals surface area contributed by atoms with E-state index in [-0.39, 0.29) is 5.25 Å². The van der Waals surface area contributed by atoms with Crippen LogP contribution >= 0.6 is 23.5 Å². The fourth-order valence-electron chi connectivity index (χ4n) is 0.947. The van der Waals surface area contributed by atoms with Crippen molar-refractivity contribution in [2.45, 2.75) is 11.7 Å². The molecule has 1 aliphatic rings. The van der Waals surface area contributed by atoms with Crippen LogP contribution in [-0.4, -0.2) is 28.3 Å². The summed E-state index contributed by atoms with van der Waals surface area (Å²) in [5.41, 5.74) is 0. The Morgan fingerprint density at radius 1 is 1.64 bits per heavy atom. The molecule has 62 valence electrons. The number of carbonyl (C=O) groups is 1. The van der Waals surface area contributed by atoms with Gasteiger partial charge < -0.3 is 0 Å². The van der Waals surface area contributed by atoms with Crippen molar-refractivity contribution in [3.05, 3.63) is 12.7 Å². The van der Waals surface area contributed by atoms with Crippen LogP contribution in [0.15, 0.2) is 12.7 Å². The summed E-state index contributed by atoms with van der Waals surface area (Å²) in [5, 5.41) is 0.242. The summed E-state index contributed by atoms with van der Waals surface area (Å²) in [6.07, 6.45) is 2.24. The molecule has 0 aromatic rings. The zero-order valence-corrected chi connectivity index (χ0v) is 8.05. The Hall–Kier alpha value is 0.110. The molecule has 11 heavy (non-hydrogen) atoms. The van der Waals surface area contributed by atoms with Gasteiger partial charge in [0.25, 0.3) is 0 Å². The summed E-state index contributed by atoms with van der Waals surface area (Å²) in [6, 6.07) is 0. The number of hydrogen-bond acceptors (Lipinski definition) is 3. The third kappa shape index (κ3) is 2.91. The van der Waals surface area contributed by atoms with Crippen molar-refractivity contribution in [3.8, 4) is 0 Å². The summed E-state index contributed by atoms with van der Waals surface area (Å²) < 4.78 is 0. The maximum absolute atomic E-state index is 11.3. The Morgan fingerprint density at radius 3 is 3.00 bits per heavy atom. The molecule has 1 heterocycles. The van der Waals surface area contributed by atoms with E-state index in [1.54, 1.807) is 17.8 Å². The molecular formula is C8H12OS2. The minimum Gasteiger partial charge on any atom is -0.298 e. The molecule has 0 aromatic heterocycles. The van der Waals surface area contributed by atoms with E-state index >= 15 is 0 Å². The highest BCUT2D eigenvalue weighted by atomic mass is 32.2. The Bertz CT molecular complexity index is 150. The predicted molar refractivity (Wildman–Crippen MR) is 53.4 cm³/mol. The molecule has 0 bridgehead atoms. The van der Waals surface area contributed by atoms with E-state index in [1.807, 2.05) is 11.8 Å². The molecule has 0 amide bonds. The zero-order valence-electron chi connectivity index (χ0n) is 6.41. The highest BCUT2D eigenvalue weighted by molar-refractivity contribution is 8.07. The lowest BCUT2D eigenvalue weighted by molar-refractivity contribution is -0.117. The molecule has 1 unspecified atom stereocenters. The van der Waals surface area contributed by atoms with Crippen LogP contribution in [0, 0.1) is 0 Å². The van der Waals surface area contributed by atoms with Gasteiger partial charge in [0.2, 0.25) is 0 Å². The fraction of sp³-hybridized carbons (Fsp3) is 0.625. The summed E-state index contributed by atoms with van der Waals surface area (Å²) >= 11 is 3.67. The van der Waals surface area contributed by atoms with Crippen molar-refractivity contribution in [3.63, 3.8) is 0 Å². The lowest BCUT2D eigenvalue weighted by atomic mass is 10.2. The first-order chi connectivity index (χ1) is 5.34. The van der Waals surface area contributed by atoms with Crippen LogP contribution in [-0.2, 0) is 4.79 Å². The first-order valence-corrected chi connectivity index (χ1v) is 5.88.